The van der Waals surface area contributed by atoms with Crippen LogP contribution in [0.25, 0.3) is 11.0 Å². The van der Waals surface area contributed by atoms with Gasteiger partial charge in [0.2, 0.25) is 5.88 Å². The largest absolute Gasteiger partial charge is 0.449 e. The third-order valence-corrected chi connectivity index (χ3v) is 4.99. The van der Waals surface area contributed by atoms with E-state index in [0.29, 0.717) is 16.8 Å². The zero-order chi connectivity index (χ0) is 18.4. The van der Waals surface area contributed by atoms with Crippen molar-refractivity contribution in [2.24, 2.45) is 5.92 Å². The van der Waals surface area contributed by atoms with Crippen molar-refractivity contribution in [3.05, 3.63) is 55.5 Å². The fourth-order valence-electron chi connectivity index (χ4n) is 3.14. The molecular weight excluding hydrogens is 379 g/mol. The molecule has 0 fully saturated rings. The maximum absolute atomic E-state index is 12.6. The van der Waals surface area contributed by atoms with E-state index >= 15 is 0 Å². The van der Waals surface area contributed by atoms with E-state index in [9.17, 15) is 9.59 Å². The molecule has 1 aliphatic carbocycles. The molecule has 3 aromatic rings. The number of hydrogen-bond acceptors (Lipinski definition) is 5. The van der Waals surface area contributed by atoms with E-state index in [1.807, 2.05) is 0 Å². The Kier molecular flexibility index (Phi) is 4.25. The van der Waals surface area contributed by atoms with Crippen molar-refractivity contribution in [3.63, 3.8) is 0 Å². The van der Waals surface area contributed by atoms with Gasteiger partial charge in [0.25, 0.3) is 5.91 Å². The van der Waals surface area contributed by atoms with Crippen molar-refractivity contribution in [1.82, 2.24) is 5.16 Å². The van der Waals surface area contributed by atoms with Gasteiger partial charge in [0.05, 0.1) is 16.1 Å². The van der Waals surface area contributed by atoms with Gasteiger partial charge in [-0.05, 0) is 37.3 Å². The highest BCUT2D eigenvalue weighted by molar-refractivity contribution is 6.38. The molecule has 1 atom stereocenters. The lowest BCUT2D eigenvalue weighted by Crippen LogP contribution is -2.17. The first-order valence-corrected chi connectivity index (χ1v) is 8.89. The molecule has 6 nitrogen and oxygen atoms in total. The summed E-state index contributed by atoms with van der Waals surface area (Å²) in [5.41, 5.74) is 1.46. The number of aromatic nitrogens is 1. The first kappa shape index (κ1) is 17.1. The van der Waals surface area contributed by atoms with E-state index in [1.165, 1.54) is 12.1 Å². The highest BCUT2D eigenvalue weighted by atomic mass is 35.5. The summed E-state index contributed by atoms with van der Waals surface area (Å²) >= 11 is 12.0. The second-order valence-corrected chi connectivity index (χ2v) is 7.32. The number of hydrogen-bond donors (Lipinski definition) is 1. The van der Waals surface area contributed by atoms with E-state index < -0.39 is 11.3 Å². The molecule has 4 rings (SSSR count). The highest BCUT2D eigenvalue weighted by Crippen LogP contribution is 2.31. The predicted octanol–water partition coefficient (Wildman–Crippen LogP) is 4.46. The molecule has 0 radical (unpaired) electrons. The van der Waals surface area contributed by atoms with Gasteiger partial charge in [-0.1, -0.05) is 35.3 Å². The summed E-state index contributed by atoms with van der Waals surface area (Å²) in [5.74, 6) is 0.00845. The number of nitrogens with one attached hydrogen (secondary N) is 1. The molecule has 0 aliphatic heterocycles. The summed E-state index contributed by atoms with van der Waals surface area (Å²) in [6.07, 6.45) is 2.63. The van der Waals surface area contributed by atoms with Crippen molar-refractivity contribution in [3.8, 4) is 0 Å². The lowest BCUT2D eigenvalue weighted by Gasteiger charge is -2.16. The van der Waals surface area contributed by atoms with E-state index in [0.717, 1.165) is 36.6 Å². The average Bonchev–Trinajstić information content (AvgIpc) is 2.97. The molecule has 2 heterocycles. The van der Waals surface area contributed by atoms with Crippen LogP contribution in [0.4, 0.5) is 5.88 Å². The number of rotatable bonds is 2. The standard InChI is InChI=1S/C18H14Cl2N2O4/c1-8-2-3-13-10(4-8)18(26-22-13)21-17(24)15-7-14(23)11-5-9(19)6-12(20)16(11)25-15/h5-8H,2-4H2,1H3,(H,21,24)/t8-/m1/s1. The molecule has 0 unspecified atom stereocenters. The van der Waals surface area contributed by atoms with Gasteiger partial charge < -0.3 is 8.94 Å². The maximum atomic E-state index is 12.6. The zero-order valence-corrected chi connectivity index (χ0v) is 15.3. The summed E-state index contributed by atoms with van der Waals surface area (Å²) < 4.78 is 10.8. The van der Waals surface area contributed by atoms with Crippen LogP contribution in [0.2, 0.25) is 10.0 Å². The molecule has 1 aliphatic rings. The fraction of sp³-hybridized carbons (Fsp3) is 0.278. The SMILES string of the molecule is C[C@@H]1CCc2noc(NC(=O)c3cc(=O)c4cc(Cl)cc(Cl)c4o3)c2C1. The molecule has 26 heavy (non-hydrogen) atoms. The molecule has 2 aromatic heterocycles. The van der Waals surface area contributed by atoms with E-state index in [4.69, 9.17) is 32.1 Å². The average molecular weight is 393 g/mol. The number of nitrogens with zero attached hydrogens (tertiary/aromatic N) is 1. The van der Waals surface area contributed by atoms with Gasteiger partial charge >= 0.3 is 0 Å². The van der Waals surface area contributed by atoms with Crippen LogP contribution in [0, 0.1) is 5.92 Å². The molecule has 0 saturated carbocycles. The van der Waals surface area contributed by atoms with Crippen LogP contribution in [0.1, 0.15) is 35.2 Å². The Hall–Kier alpha value is -2.31. The molecule has 8 heteroatoms. The van der Waals surface area contributed by atoms with Crippen LogP contribution in [0.15, 0.2) is 31.9 Å². The van der Waals surface area contributed by atoms with Gasteiger partial charge in [-0.2, -0.15) is 0 Å². The quantitative estimate of drug-likeness (QED) is 0.695. The Morgan fingerprint density at radius 1 is 1.31 bits per heavy atom. The third kappa shape index (κ3) is 2.99. The van der Waals surface area contributed by atoms with E-state index in [-0.39, 0.29) is 21.8 Å². The zero-order valence-electron chi connectivity index (χ0n) is 13.8. The first-order chi connectivity index (χ1) is 12.4. The molecule has 134 valence electrons. The second-order valence-electron chi connectivity index (χ2n) is 6.48. The number of benzene rings is 1. The highest BCUT2D eigenvalue weighted by Gasteiger charge is 2.25. The van der Waals surface area contributed by atoms with Crippen LogP contribution in [0.3, 0.4) is 0 Å². The third-order valence-electron chi connectivity index (χ3n) is 4.49. The molecule has 1 amide bonds. The van der Waals surface area contributed by atoms with Gasteiger partial charge in [-0.25, -0.2) is 0 Å². The van der Waals surface area contributed by atoms with Gasteiger partial charge in [0.1, 0.15) is 0 Å². The van der Waals surface area contributed by atoms with Gasteiger partial charge in [-0.3, -0.25) is 14.9 Å². The number of anilines is 1. The first-order valence-electron chi connectivity index (χ1n) is 8.14. The number of aryl methyl sites for hydroxylation is 1. The minimum atomic E-state index is -0.604. The topological polar surface area (TPSA) is 85.3 Å². The Labute approximate surface area is 158 Å². The summed E-state index contributed by atoms with van der Waals surface area (Å²) in [6, 6.07) is 4.00. The Bertz CT molecular complexity index is 1090. The maximum Gasteiger partial charge on any atom is 0.293 e. The lowest BCUT2D eigenvalue weighted by molar-refractivity contribution is 0.0994. The van der Waals surface area contributed by atoms with Crippen LogP contribution in [0.5, 0.6) is 0 Å². The van der Waals surface area contributed by atoms with Crippen molar-refractivity contribution >= 4 is 46.0 Å². The Balaban J connectivity index is 1.69. The Morgan fingerprint density at radius 3 is 2.92 bits per heavy atom. The van der Waals surface area contributed by atoms with Gasteiger partial charge in [0.15, 0.2) is 16.8 Å². The van der Waals surface area contributed by atoms with E-state index in [1.54, 1.807) is 0 Å². The fourth-order valence-corrected chi connectivity index (χ4v) is 3.67. The molecule has 0 spiro atoms. The number of carbonyl (C=O) groups is 1. The second kappa shape index (κ2) is 6.45. The van der Waals surface area contributed by atoms with Crippen LogP contribution in [-0.2, 0) is 12.8 Å². The number of carbonyl (C=O) groups excluding carboxylic acids is 1. The van der Waals surface area contributed by atoms with Crippen molar-refractivity contribution in [1.29, 1.82) is 0 Å². The number of fused-ring (bicyclic) bond motifs is 2. The van der Waals surface area contributed by atoms with Crippen molar-refractivity contribution in [2.45, 2.75) is 26.2 Å². The van der Waals surface area contributed by atoms with Crippen molar-refractivity contribution in [2.75, 3.05) is 5.32 Å². The summed E-state index contributed by atoms with van der Waals surface area (Å²) in [7, 11) is 0. The minimum absolute atomic E-state index is 0.113. The van der Waals surface area contributed by atoms with Crippen LogP contribution in [-0.4, -0.2) is 11.1 Å². The van der Waals surface area contributed by atoms with E-state index in [2.05, 4.69) is 17.4 Å². The lowest BCUT2D eigenvalue weighted by atomic mass is 9.89. The number of amides is 1. The van der Waals surface area contributed by atoms with Crippen LogP contribution >= 0.6 is 23.2 Å². The molecular formula is C18H14Cl2N2O4. The van der Waals surface area contributed by atoms with Crippen molar-refractivity contribution < 1.29 is 13.7 Å². The van der Waals surface area contributed by atoms with Gasteiger partial charge in [0, 0.05) is 16.7 Å². The predicted molar refractivity (Wildman–Crippen MR) is 98.1 cm³/mol. The normalized spacial score (nSPS) is 16.5. The monoisotopic (exact) mass is 392 g/mol. The minimum Gasteiger partial charge on any atom is -0.449 e. The Morgan fingerprint density at radius 2 is 2.12 bits per heavy atom. The number of halogens is 2. The van der Waals surface area contributed by atoms with Crippen LogP contribution < -0.4 is 10.7 Å². The molecule has 1 aromatic carbocycles. The summed E-state index contributed by atoms with van der Waals surface area (Å²) in [4.78, 5) is 24.8. The summed E-state index contributed by atoms with van der Waals surface area (Å²) in [6.45, 7) is 2.14. The van der Waals surface area contributed by atoms with Gasteiger partial charge in [-0.15, -0.1) is 0 Å². The smallest absolute Gasteiger partial charge is 0.293 e. The molecule has 0 bridgehead atoms. The molecule has 0 saturated heterocycles. The summed E-state index contributed by atoms with van der Waals surface area (Å²) in [5, 5.41) is 7.34. The molecule has 1 N–H and O–H groups in total.